The second-order valence-electron chi connectivity index (χ2n) is 5.43. The topological polar surface area (TPSA) is 38.3 Å². The number of amides is 1. The molecular weight excluding hydrogens is 226 g/mol. The first-order valence-corrected chi connectivity index (χ1v) is 6.73. The van der Waals surface area contributed by atoms with Gasteiger partial charge in [0, 0.05) is 6.04 Å². The summed E-state index contributed by atoms with van der Waals surface area (Å²) in [6.45, 7) is 2.39. The number of fused-ring (bicyclic) bond motifs is 1. The zero-order chi connectivity index (χ0) is 12.5. The molecule has 0 bridgehead atoms. The van der Waals surface area contributed by atoms with Crippen molar-refractivity contribution in [1.29, 1.82) is 0 Å². The van der Waals surface area contributed by atoms with Gasteiger partial charge in [0.2, 0.25) is 0 Å². The number of nitrogens with one attached hydrogen (secondary N) is 1. The van der Waals surface area contributed by atoms with Gasteiger partial charge < -0.3 is 10.1 Å². The van der Waals surface area contributed by atoms with Gasteiger partial charge in [-0.05, 0) is 42.7 Å². The highest BCUT2D eigenvalue weighted by molar-refractivity contribution is 5.68. The van der Waals surface area contributed by atoms with E-state index in [2.05, 4.69) is 5.32 Å². The van der Waals surface area contributed by atoms with Crippen molar-refractivity contribution in [3.8, 4) is 0 Å². The fourth-order valence-electron chi connectivity index (χ4n) is 3.13. The van der Waals surface area contributed by atoms with Crippen LogP contribution in [0.1, 0.15) is 30.4 Å². The summed E-state index contributed by atoms with van der Waals surface area (Å²) in [6, 6.07) is 8.37. The molecule has 2 saturated carbocycles. The Labute approximate surface area is 108 Å². The van der Waals surface area contributed by atoms with E-state index in [-0.39, 0.29) is 6.09 Å². The molecule has 2 aliphatic carbocycles. The van der Waals surface area contributed by atoms with Gasteiger partial charge in [-0.15, -0.1) is 0 Å². The summed E-state index contributed by atoms with van der Waals surface area (Å²) in [5.41, 5.74) is 2.23. The second kappa shape index (κ2) is 4.63. The molecule has 3 rings (SSSR count). The lowest BCUT2D eigenvalue weighted by Gasteiger charge is -2.09. The van der Waals surface area contributed by atoms with Crippen molar-refractivity contribution in [2.24, 2.45) is 11.8 Å². The smallest absolute Gasteiger partial charge is 0.407 e. The van der Waals surface area contributed by atoms with Crippen LogP contribution >= 0.6 is 0 Å². The predicted octanol–water partition coefficient (Wildman–Crippen LogP) is 3.02. The fraction of sp³-hybridized carbons (Fsp3) is 0.533. The Balaban J connectivity index is 1.46. The third-order valence-corrected chi connectivity index (χ3v) is 4.31. The highest BCUT2D eigenvalue weighted by Gasteiger charge is 2.53. The molecule has 2 aliphatic rings. The SMILES string of the molecule is Cc1ccccc1COC(=O)NC1C2CCCC21. The molecule has 0 aliphatic heterocycles. The maximum Gasteiger partial charge on any atom is 0.407 e. The van der Waals surface area contributed by atoms with E-state index in [4.69, 9.17) is 4.74 Å². The van der Waals surface area contributed by atoms with Gasteiger partial charge in [0.1, 0.15) is 6.61 Å². The van der Waals surface area contributed by atoms with E-state index in [1.807, 2.05) is 31.2 Å². The maximum atomic E-state index is 11.7. The number of aryl methyl sites for hydroxylation is 1. The van der Waals surface area contributed by atoms with Crippen LogP contribution in [-0.2, 0) is 11.3 Å². The van der Waals surface area contributed by atoms with Gasteiger partial charge in [0.05, 0.1) is 0 Å². The molecule has 2 atom stereocenters. The van der Waals surface area contributed by atoms with Gasteiger partial charge in [-0.2, -0.15) is 0 Å². The van der Waals surface area contributed by atoms with Gasteiger partial charge in [-0.3, -0.25) is 0 Å². The van der Waals surface area contributed by atoms with Gasteiger partial charge in [0.25, 0.3) is 0 Å². The van der Waals surface area contributed by atoms with Crippen LogP contribution in [0.25, 0.3) is 0 Å². The van der Waals surface area contributed by atoms with E-state index in [9.17, 15) is 4.79 Å². The summed E-state index contributed by atoms with van der Waals surface area (Å²) in [5.74, 6) is 1.46. The number of hydrogen-bond donors (Lipinski definition) is 1. The minimum Gasteiger partial charge on any atom is -0.445 e. The number of hydrogen-bond acceptors (Lipinski definition) is 2. The first-order valence-electron chi connectivity index (χ1n) is 6.73. The lowest BCUT2D eigenvalue weighted by Crippen LogP contribution is -2.29. The molecule has 2 fully saturated rings. The molecule has 0 spiro atoms. The van der Waals surface area contributed by atoms with Gasteiger partial charge >= 0.3 is 6.09 Å². The number of rotatable bonds is 3. The summed E-state index contributed by atoms with van der Waals surface area (Å²) in [5, 5.41) is 2.98. The highest BCUT2D eigenvalue weighted by atomic mass is 16.5. The fourth-order valence-corrected chi connectivity index (χ4v) is 3.13. The normalized spacial score (nSPS) is 28.6. The minimum absolute atomic E-state index is 0.266. The molecule has 1 amide bonds. The highest BCUT2D eigenvalue weighted by Crippen LogP contribution is 2.51. The third kappa shape index (κ3) is 2.22. The zero-order valence-corrected chi connectivity index (χ0v) is 10.7. The average molecular weight is 245 g/mol. The Bertz CT molecular complexity index is 448. The van der Waals surface area contributed by atoms with Crippen molar-refractivity contribution in [2.45, 2.75) is 38.8 Å². The number of carbonyl (C=O) groups excluding carboxylic acids is 1. The molecule has 18 heavy (non-hydrogen) atoms. The standard InChI is InChI=1S/C15H19NO2/c1-10-5-2-3-6-11(10)9-18-15(17)16-14-12-7-4-8-13(12)14/h2-3,5-6,12-14H,4,7-9H2,1H3,(H,16,17). The maximum absolute atomic E-state index is 11.7. The lowest BCUT2D eigenvalue weighted by atomic mass is 10.1. The molecule has 0 aromatic heterocycles. The van der Waals surface area contributed by atoms with Crippen molar-refractivity contribution in [2.75, 3.05) is 0 Å². The van der Waals surface area contributed by atoms with Crippen molar-refractivity contribution in [1.82, 2.24) is 5.32 Å². The molecule has 3 nitrogen and oxygen atoms in total. The first-order chi connectivity index (χ1) is 8.75. The molecule has 1 N–H and O–H groups in total. The lowest BCUT2D eigenvalue weighted by molar-refractivity contribution is 0.137. The minimum atomic E-state index is -0.266. The van der Waals surface area contributed by atoms with Crippen LogP contribution in [0, 0.1) is 18.8 Å². The summed E-state index contributed by atoms with van der Waals surface area (Å²) in [6.07, 6.45) is 3.60. The Morgan fingerprint density at radius 3 is 2.78 bits per heavy atom. The van der Waals surface area contributed by atoms with Gasteiger partial charge in [0.15, 0.2) is 0 Å². The molecular formula is C15H19NO2. The van der Waals surface area contributed by atoms with Crippen molar-refractivity contribution in [3.63, 3.8) is 0 Å². The summed E-state index contributed by atoms with van der Waals surface area (Å²) in [7, 11) is 0. The summed E-state index contributed by atoms with van der Waals surface area (Å²) in [4.78, 5) is 11.7. The quantitative estimate of drug-likeness (QED) is 0.889. The molecule has 1 aromatic carbocycles. The third-order valence-electron chi connectivity index (χ3n) is 4.31. The van der Waals surface area contributed by atoms with Crippen LogP contribution < -0.4 is 5.32 Å². The monoisotopic (exact) mass is 245 g/mol. The van der Waals surface area contributed by atoms with E-state index in [0.29, 0.717) is 12.6 Å². The molecule has 2 unspecified atom stereocenters. The number of benzene rings is 1. The predicted molar refractivity (Wildman–Crippen MR) is 69.1 cm³/mol. The van der Waals surface area contributed by atoms with Crippen molar-refractivity contribution >= 4 is 6.09 Å². The Morgan fingerprint density at radius 2 is 2.06 bits per heavy atom. The van der Waals surface area contributed by atoms with E-state index < -0.39 is 0 Å². The Hall–Kier alpha value is -1.51. The van der Waals surface area contributed by atoms with Crippen molar-refractivity contribution in [3.05, 3.63) is 35.4 Å². The molecule has 0 radical (unpaired) electrons. The van der Waals surface area contributed by atoms with Gasteiger partial charge in [-0.25, -0.2) is 4.79 Å². The largest absolute Gasteiger partial charge is 0.445 e. The number of carbonyl (C=O) groups is 1. The summed E-state index contributed by atoms with van der Waals surface area (Å²) < 4.78 is 5.27. The zero-order valence-electron chi connectivity index (χ0n) is 10.7. The van der Waals surface area contributed by atoms with Crippen LogP contribution in [0.15, 0.2) is 24.3 Å². The number of alkyl carbamates (subject to hydrolysis) is 1. The first kappa shape index (κ1) is 11.6. The van der Waals surface area contributed by atoms with E-state index >= 15 is 0 Å². The van der Waals surface area contributed by atoms with E-state index in [1.54, 1.807) is 0 Å². The summed E-state index contributed by atoms with van der Waals surface area (Å²) >= 11 is 0. The average Bonchev–Trinajstić information content (AvgIpc) is 2.81. The second-order valence-corrected chi connectivity index (χ2v) is 5.43. The van der Waals surface area contributed by atoms with Crippen LogP contribution in [0.5, 0.6) is 0 Å². The van der Waals surface area contributed by atoms with E-state index in [0.717, 1.165) is 23.0 Å². The van der Waals surface area contributed by atoms with E-state index in [1.165, 1.54) is 19.3 Å². The van der Waals surface area contributed by atoms with Crippen molar-refractivity contribution < 1.29 is 9.53 Å². The van der Waals surface area contributed by atoms with Crippen LogP contribution in [0.2, 0.25) is 0 Å². The molecule has 1 aromatic rings. The van der Waals surface area contributed by atoms with Crippen LogP contribution in [0.4, 0.5) is 4.79 Å². The molecule has 0 saturated heterocycles. The van der Waals surface area contributed by atoms with Crippen LogP contribution in [0.3, 0.4) is 0 Å². The Kier molecular flexibility index (Phi) is 2.98. The Morgan fingerprint density at radius 1 is 1.33 bits per heavy atom. The van der Waals surface area contributed by atoms with Gasteiger partial charge in [-0.1, -0.05) is 30.7 Å². The molecule has 0 heterocycles. The molecule has 96 valence electrons. The number of ether oxygens (including phenoxy) is 1. The van der Waals surface area contributed by atoms with Crippen LogP contribution in [-0.4, -0.2) is 12.1 Å². The molecule has 3 heteroatoms.